The lowest BCUT2D eigenvalue weighted by molar-refractivity contribution is 0.387. The summed E-state index contributed by atoms with van der Waals surface area (Å²) < 4.78 is 16.6. The molecular weight excluding hydrogens is 251 g/mol. The summed E-state index contributed by atoms with van der Waals surface area (Å²) in [5.74, 6) is 1.23. The number of ether oxygens (including phenoxy) is 1. The summed E-state index contributed by atoms with van der Waals surface area (Å²) in [4.78, 5) is 18.0. The minimum Gasteiger partial charge on any atom is -0.457 e. The fourth-order valence-electron chi connectivity index (χ4n) is 1.52. The van der Waals surface area contributed by atoms with E-state index in [0.29, 0.717) is 11.5 Å². The van der Waals surface area contributed by atoms with E-state index in [2.05, 4.69) is 0 Å². The SMILES string of the molecule is Cc1cccc(Oc2ccc(P(=O)(O)O)cc2)c1. The second-order valence-electron chi connectivity index (χ2n) is 3.96. The van der Waals surface area contributed by atoms with Crippen LogP contribution in [0.15, 0.2) is 48.5 Å². The zero-order valence-corrected chi connectivity index (χ0v) is 10.7. The molecule has 0 saturated carbocycles. The van der Waals surface area contributed by atoms with Gasteiger partial charge in [0.05, 0.1) is 5.30 Å². The first-order valence-corrected chi connectivity index (χ1v) is 6.97. The van der Waals surface area contributed by atoms with Crippen molar-refractivity contribution in [3.05, 3.63) is 54.1 Å². The number of benzene rings is 2. The summed E-state index contributed by atoms with van der Waals surface area (Å²) in [6.07, 6.45) is 0. The molecule has 0 aliphatic carbocycles. The summed E-state index contributed by atoms with van der Waals surface area (Å²) in [7, 11) is -4.18. The molecule has 0 bridgehead atoms. The molecule has 4 nitrogen and oxygen atoms in total. The lowest BCUT2D eigenvalue weighted by Gasteiger charge is -2.08. The lowest BCUT2D eigenvalue weighted by Crippen LogP contribution is -2.02. The van der Waals surface area contributed by atoms with Crippen LogP contribution in [0.1, 0.15) is 5.56 Å². The van der Waals surface area contributed by atoms with Crippen LogP contribution in [0.5, 0.6) is 11.5 Å². The van der Waals surface area contributed by atoms with Crippen molar-refractivity contribution in [3.63, 3.8) is 0 Å². The van der Waals surface area contributed by atoms with Crippen molar-refractivity contribution < 1.29 is 19.1 Å². The summed E-state index contributed by atoms with van der Waals surface area (Å²) >= 11 is 0. The first-order valence-electron chi connectivity index (χ1n) is 5.36. The second-order valence-corrected chi connectivity index (χ2v) is 5.56. The average Bonchev–Trinajstić information content (AvgIpc) is 2.28. The maximum Gasteiger partial charge on any atom is 0.356 e. The van der Waals surface area contributed by atoms with Crippen molar-refractivity contribution in [1.29, 1.82) is 0 Å². The zero-order chi connectivity index (χ0) is 13.2. The normalized spacial score (nSPS) is 11.3. The Balaban J connectivity index is 2.19. The molecule has 2 rings (SSSR count). The minimum atomic E-state index is -4.18. The highest BCUT2D eigenvalue weighted by Crippen LogP contribution is 2.33. The highest BCUT2D eigenvalue weighted by atomic mass is 31.2. The minimum absolute atomic E-state index is 0.0147. The number of hydrogen-bond acceptors (Lipinski definition) is 2. The molecule has 0 aliphatic rings. The summed E-state index contributed by atoms with van der Waals surface area (Å²) in [6, 6.07) is 13.4. The van der Waals surface area contributed by atoms with Gasteiger partial charge >= 0.3 is 7.60 Å². The van der Waals surface area contributed by atoms with Gasteiger partial charge in [0.1, 0.15) is 11.5 Å². The third-order valence-corrected chi connectivity index (χ3v) is 3.37. The monoisotopic (exact) mass is 264 g/mol. The fourth-order valence-corrected chi connectivity index (χ4v) is 2.06. The molecule has 0 atom stereocenters. The predicted molar refractivity (Wildman–Crippen MR) is 69.4 cm³/mol. The number of rotatable bonds is 3. The Bertz CT molecular complexity index is 586. The van der Waals surface area contributed by atoms with E-state index in [9.17, 15) is 4.57 Å². The molecule has 2 aromatic carbocycles. The van der Waals surface area contributed by atoms with E-state index in [1.165, 1.54) is 24.3 Å². The molecule has 0 radical (unpaired) electrons. The molecule has 0 aromatic heterocycles. The van der Waals surface area contributed by atoms with Gasteiger partial charge in [-0.3, -0.25) is 4.57 Å². The summed E-state index contributed by atoms with van der Waals surface area (Å²) in [5, 5.41) is -0.0147. The largest absolute Gasteiger partial charge is 0.457 e. The van der Waals surface area contributed by atoms with E-state index in [1.807, 2.05) is 31.2 Å². The highest BCUT2D eigenvalue weighted by Gasteiger charge is 2.16. The molecule has 0 heterocycles. The molecule has 0 saturated heterocycles. The molecule has 18 heavy (non-hydrogen) atoms. The van der Waals surface area contributed by atoms with Gasteiger partial charge in [0, 0.05) is 0 Å². The van der Waals surface area contributed by atoms with Gasteiger partial charge in [0.15, 0.2) is 0 Å². The van der Waals surface area contributed by atoms with E-state index in [0.717, 1.165) is 5.56 Å². The first-order chi connectivity index (χ1) is 8.45. The van der Waals surface area contributed by atoms with Gasteiger partial charge < -0.3 is 14.5 Å². The van der Waals surface area contributed by atoms with Crippen molar-refractivity contribution in [2.24, 2.45) is 0 Å². The number of hydrogen-bond donors (Lipinski definition) is 2. The van der Waals surface area contributed by atoms with Gasteiger partial charge in [-0.15, -0.1) is 0 Å². The van der Waals surface area contributed by atoms with Crippen LogP contribution in [0.3, 0.4) is 0 Å². The van der Waals surface area contributed by atoms with Crippen molar-refractivity contribution >= 4 is 12.9 Å². The van der Waals surface area contributed by atoms with Gasteiger partial charge in [0.25, 0.3) is 0 Å². The molecule has 0 unspecified atom stereocenters. The van der Waals surface area contributed by atoms with Crippen LogP contribution in [0.2, 0.25) is 0 Å². The summed E-state index contributed by atoms with van der Waals surface area (Å²) in [6.45, 7) is 1.96. The molecule has 0 spiro atoms. The molecule has 94 valence electrons. The molecular formula is C13H13O4P. The van der Waals surface area contributed by atoms with Gasteiger partial charge in [-0.05, 0) is 48.9 Å². The van der Waals surface area contributed by atoms with Crippen molar-refractivity contribution in [2.45, 2.75) is 6.92 Å². The van der Waals surface area contributed by atoms with Crippen molar-refractivity contribution in [3.8, 4) is 11.5 Å². The van der Waals surface area contributed by atoms with Gasteiger partial charge in [-0.1, -0.05) is 12.1 Å². The molecule has 0 aliphatic heterocycles. The summed E-state index contributed by atoms with van der Waals surface area (Å²) in [5.41, 5.74) is 1.08. The molecule has 5 heteroatoms. The predicted octanol–water partition coefficient (Wildman–Crippen LogP) is 2.59. The van der Waals surface area contributed by atoms with Crippen molar-refractivity contribution in [2.75, 3.05) is 0 Å². The molecule has 2 aromatic rings. The third-order valence-electron chi connectivity index (χ3n) is 2.40. The van der Waals surface area contributed by atoms with Gasteiger partial charge in [0.2, 0.25) is 0 Å². The Morgan fingerprint density at radius 2 is 1.67 bits per heavy atom. The van der Waals surface area contributed by atoms with Crippen LogP contribution in [0.25, 0.3) is 0 Å². The zero-order valence-electron chi connectivity index (χ0n) is 9.78. The topological polar surface area (TPSA) is 66.8 Å². The van der Waals surface area contributed by atoms with Crippen LogP contribution >= 0.6 is 7.60 Å². The standard InChI is InChI=1S/C13H13O4P/c1-10-3-2-4-12(9-10)17-11-5-7-13(8-6-11)18(14,15)16/h2-9H,1H3,(H2,14,15,16). The van der Waals surface area contributed by atoms with Crippen LogP contribution in [-0.4, -0.2) is 9.79 Å². The lowest BCUT2D eigenvalue weighted by atomic mass is 10.2. The van der Waals surface area contributed by atoms with Gasteiger partial charge in [-0.2, -0.15) is 0 Å². The maximum absolute atomic E-state index is 11.0. The van der Waals surface area contributed by atoms with Crippen LogP contribution in [0.4, 0.5) is 0 Å². The van der Waals surface area contributed by atoms with E-state index in [-0.39, 0.29) is 5.30 Å². The van der Waals surface area contributed by atoms with Crippen LogP contribution in [-0.2, 0) is 4.57 Å². The Morgan fingerprint density at radius 3 is 2.22 bits per heavy atom. The quantitative estimate of drug-likeness (QED) is 0.836. The number of aryl methyl sites for hydroxylation is 1. The Labute approximate surface area is 105 Å². The Kier molecular flexibility index (Phi) is 3.53. The van der Waals surface area contributed by atoms with E-state index < -0.39 is 7.60 Å². The van der Waals surface area contributed by atoms with Crippen LogP contribution < -0.4 is 10.0 Å². The average molecular weight is 264 g/mol. The molecule has 0 amide bonds. The fraction of sp³-hybridized carbons (Fsp3) is 0.0769. The van der Waals surface area contributed by atoms with E-state index >= 15 is 0 Å². The smallest absolute Gasteiger partial charge is 0.356 e. The molecule has 0 fully saturated rings. The Hall–Kier alpha value is -1.61. The Morgan fingerprint density at radius 1 is 1.00 bits per heavy atom. The highest BCUT2D eigenvalue weighted by molar-refractivity contribution is 7.60. The molecule has 2 N–H and O–H groups in total. The first kappa shape index (κ1) is 12.8. The van der Waals surface area contributed by atoms with Crippen molar-refractivity contribution in [1.82, 2.24) is 0 Å². The second kappa shape index (κ2) is 4.94. The van der Waals surface area contributed by atoms with Crippen LogP contribution in [0, 0.1) is 6.92 Å². The van der Waals surface area contributed by atoms with E-state index in [4.69, 9.17) is 14.5 Å². The third kappa shape index (κ3) is 3.20. The van der Waals surface area contributed by atoms with Gasteiger partial charge in [-0.25, -0.2) is 0 Å². The van der Waals surface area contributed by atoms with E-state index in [1.54, 1.807) is 0 Å². The maximum atomic E-state index is 11.0.